The molecule has 0 amide bonds. The van der Waals surface area contributed by atoms with Crippen molar-refractivity contribution < 1.29 is 13.2 Å². The number of nitriles is 1. The molecular weight excluding hydrogens is 395 g/mol. The SMILES string of the molecule is CN(CCSCc1csc(NC(=S)NCC(F)(F)F)n1)C(N)=NC#N. The number of nitrogens with two attached hydrogens (primary N) is 1. The molecule has 0 bridgehead atoms. The predicted octanol–water partition coefficient (Wildman–Crippen LogP) is 1.95. The topological polar surface area (TPSA) is 102 Å². The van der Waals surface area contributed by atoms with Gasteiger partial charge in [-0.2, -0.15) is 30.2 Å². The van der Waals surface area contributed by atoms with Crippen molar-refractivity contribution in [2.75, 3.05) is 31.2 Å². The number of halogens is 3. The number of alkyl halides is 3. The highest BCUT2D eigenvalue weighted by atomic mass is 32.2. The summed E-state index contributed by atoms with van der Waals surface area (Å²) in [6, 6.07) is 0. The Morgan fingerprint density at radius 3 is 2.96 bits per heavy atom. The maximum Gasteiger partial charge on any atom is 0.405 e. The molecule has 13 heteroatoms. The van der Waals surface area contributed by atoms with Crippen molar-refractivity contribution in [2.45, 2.75) is 11.9 Å². The Morgan fingerprint density at radius 1 is 1.60 bits per heavy atom. The molecule has 25 heavy (non-hydrogen) atoms. The molecule has 0 aliphatic carbocycles. The normalized spacial score (nSPS) is 11.7. The van der Waals surface area contributed by atoms with E-state index in [1.54, 1.807) is 35.3 Å². The highest BCUT2D eigenvalue weighted by Gasteiger charge is 2.27. The number of hydrogen-bond acceptors (Lipinski definition) is 6. The number of aliphatic imine (C=N–C) groups is 1. The predicted molar refractivity (Wildman–Crippen MR) is 98.4 cm³/mol. The van der Waals surface area contributed by atoms with Crippen LogP contribution in [0.5, 0.6) is 0 Å². The van der Waals surface area contributed by atoms with E-state index in [4.69, 9.17) is 23.2 Å². The summed E-state index contributed by atoms with van der Waals surface area (Å²) in [5.41, 5.74) is 6.35. The van der Waals surface area contributed by atoms with E-state index in [2.05, 4.69) is 20.6 Å². The number of aromatic nitrogens is 1. The molecule has 1 aromatic rings. The molecule has 0 aliphatic heterocycles. The van der Waals surface area contributed by atoms with Crippen molar-refractivity contribution >= 4 is 51.5 Å². The third kappa shape index (κ3) is 9.32. The second-order valence-electron chi connectivity index (χ2n) is 4.61. The molecule has 1 rings (SSSR count). The Balaban J connectivity index is 2.31. The van der Waals surface area contributed by atoms with E-state index < -0.39 is 12.7 Å². The molecule has 0 aliphatic rings. The fourth-order valence-corrected chi connectivity index (χ4v) is 3.34. The van der Waals surface area contributed by atoms with Gasteiger partial charge in [0.1, 0.15) is 6.54 Å². The lowest BCUT2D eigenvalue weighted by Gasteiger charge is -2.15. The van der Waals surface area contributed by atoms with E-state index in [0.717, 1.165) is 11.4 Å². The molecule has 1 heterocycles. The van der Waals surface area contributed by atoms with Gasteiger partial charge in [0, 0.05) is 30.5 Å². The van der Waals surface area contributed by atoms with Crippen LogP contribution in [0.4, 0.5) is 18.3 Å². The summed E-state index contributed by atoms with van der Waals surface area (Å²) in [7, 11) is 1.73. The maximum absolute atomic E-state index is 12.1. The molecular formula is C12H16F3N7S3. The molecule has 7 nitrogen and oxygen atoms in total. The van der Waals surface area contributed by atoms with Crippen molar-refractivity contribution in [3.05, 3.63) is 11.1 Å². The summed E-state index contributed by atoms with van der Waals surface area (Å²) in [6.45, 7) is -0.582. The second kappa shape index (κ2) is 10.3. The number of nitrogens with zero attached hydrogens (tertiary/aromatic N) is 4. The van der Waals surface area contributed by atoms with Gasteiger partial charge in [-0.3, -0.25) is 0 Å². The number of hydrogen-bond donors (Lipinski definition) is 3. The molecule has 0 unspecified atom stereocenters. The highest BCUT2D eigenvalue weighted by Crippen LogP contribution is 2.19. The summed E-state index contributed by atoms with van der Waals surface area (Å²) < 4.78 is 36.2. The second-order valence-corrected chi connectivity index (χ2v) is 6.98. The van der Waals surface area contributed by atoms with Crippen LogP contribution in [-0.4, -0.2) is 53.0 Å². The number of guanidine groups is 1. The van der Waals surface area contributed by atoms with Crippen LogP contribution in [0.1, 0.15) is 5.69 Å². The lowest BCUT2D eigenvalue weighted by molar-refractivity contribution is -0.121. The Morgan fingerprint density at radius 2 is 2.32 bits per heavy atom. The van der Waals surface area contributed by atoms with Gasteiger partial charge in [0.2, 0.25) is 12.2 Å². The first-order chi connectivity index (χ1) is 11.7. The fourth-order valence-electron chi connectivity index (χ4n) is 1.38. The van der Waals surface area contributed by atoms with Crippen LogP contribution < -0.4 is 16.4 Å². The van der Waals surface area contributed by atoms with Gasteiger partial charge in [-0.1, -0.05) is 0 Å². The van der Waals surface area contributed by atoms with E-state index in [1.807, 2.05) is 0 Å². The zero-order chi connectivity index (χ0) is 18.9. The third-order valence-corrected chi connectivity index (χ3v) is 4.62. The Bertz CT molecular complexity index is 639. The van der Waals surface area contributed by atoms with E-state index in [-0.39, 0.29) is 11.1 Å². The minimum Gasteiger partial charge on any atom is -0.369 e. The van der Waals surface area contributed by atoms with Gasteiger partial charge in [-0.05, 0) is 12.2 Å². The molecule has 0 aromatic carbocycles. The van der Waals surface area contributed by atoms with Crippen LogP contribution in [0, 0.1) is 11.5 Å². The number of thiocarbonyl (C=S) groups is 1. The van der Waals surface area contributed by atoms with Gasteiger partial charge in [-0.25, -0.2) is 4.98 Å². The van der Waals surface area contributed by atoms with Gasteiger partial charge < -0.3 is 21.3 Å². The van der Waals surface area contributed by atoms with Crippen LogP contribution >= 0.6 is 35.3 Å². The number of thiazole rings is 1. The fraction of sp³-hybridized carbons (Fsp3) is 0.500. The average molecular weight is 412 g/mol. The molecule has 0 saturated carbocycles. The van der Waals surface area contributed by atoms with Gasteiger partial charge in [-0.15, -0.1) is 16.3 Å². The minimum absolute atomic E-state index is 0.125. The number of anilines is 1. The largest absolute Gasteiger partial charge is 0.405 e. The van der Waals surface area contributed by atoms with Gasteiger partial charge in [0.25, 0.3) is 0 Å². The summed E-state index contributed by atoms with van der Waals surface area (Å²) in [6.07, 6.45) is -2.71. The lowest BCUT2D eigenvalue weighted by Crippen LogP contribution is -2.36. The van der Waals surface area contributed by atoms with Crippen LogP contribution in [0.3, 0.4) is 0 Å². The highest BCUT2D eigenvalue weighted by molar-refractivity contribution is 7.98. The summed E-state index contributed by atoms with van der Waals surface area (Å²) in [5.74, 6) is 1.52. The molecule has 0 radical (unpaired) electrons. The molecule has 138 valence electrons. The molecule has 1 aromatic heterocycles. The monoisotopic (exact) mass is 411 g/mol. The van der Waals surface area contributed by atoms with Crippen molar-refractivity contribution in [2.24, 2.45) is 10.7 Å². The molecule has 0 spiro atoms. The number of rotatable bonds is 7. The summed E-state index contributed by atoms with van der Waals surface area (Å²) in [4.78, 5) is 9.34. The first-order valence-electron chi connectivity index (χ1n) is 6.78. The van der Waals surface area contributed by atoms with Crippen molar-refractivity contribution in [1.82, 2.24) is 15.2 Å². The smallest absolute Gasteiger partial charge is 0.369 e. The van der Waals surface area contributed by atoms with E-state index in [9.17, 15) is 13.2 Å². The molecule has 4 N–H and O–H groups in total. The van der Waals surface area contributed by atoms with Crippen LogP contribution in [0.15, 0.2) is 10.4 Å². The zero-order valence-corrected chi connectivity index (χ0v) is 15.6. The summed E-state index contributed by atoms with van der Waals surface area (Å²) in [5, 5.41) is 15.2. The third-order valence-electron chi connectivity index (χ3n) is 2.60. The van der Waals surface area contributed by atoms with E-state index >= 15 is 0 Å². The van der Waals surface area contributed by atoms with Gasteiger partial charge in [0.15, 0.2) is 10.2 Å². The number of nitrogens with one attached hydrogen (secondary N) is 2. The Labute approximate surface area is 156 Å². The first kappa shape index (κ1) is 21.3. The molecule has 0 fully saturated rings. The van der Waals surface area contributed by atoms with Crippen LogP contribution in [0.2, 0.25) is 0 Å². The van der Waals surface area contributed by atoms with Crippen LogP contribution in [0.25, 0.3) is 0 Å². The quantitative estimate of drug-likeness (QED) is 0.206. The Kier molecular flexibility index (Phi) is 8.73. The standard InChI is InChI=1S/C12H16F3N7S3/c1-22(9(17)19-7-16)2-3-24-4-8-5-25-11(20-8)21-10(23)18-6-12(13,14)15/h5H,2-4,6H2,1H3,(H2,17,19)(H2,18,20,21,23). The molecule has 0 saturated heterocycles. The average Bonchev–Trinajstić information content (AvgIpc) is 2.96. The van der Waals surface area contributed by atoms with E-state index in [1.165, 1.54) is 11.3 Å². The van der Waals surface area contributed by atoms with E-state index in [0.29, 0.717) is 17.4 Å². The minimum atomic E-state index is -4.33. The van der Waals surface area contributed by atoms with Crippen molar-refractivity contribution in [3.8, 4) is 6.19 Å². The van der Waals surface area contributed by atoms with Crippen molar-refractivity contribution in [1.29, 1.82) is 5.26 Å². The zero-order valence-electron chi connectivity index (χ0n) is 13.1. The van der Waals surface area contributed by atoms with Crippen LogP contribution in [-0.2, 0) is 5.75 Å². The number of thioether (sulfide) groups is 1. The Hall–Kier alpha value is -1.78. The maximum atomic E-state index is 12.1. The van der Waals surface area contributed by atoms with Gasteiger partial charge >= 0.3 is 6.18 Å². The first-order valence-corrected chi connectivity index (χ1v) is 9.22. The van der Waals surface area contributed by atoms with Gasteiger partial charge in [0.05, 0.1) is 5.69 Å². The van der Waals surface area contributed by atoms with Crippen molar-refractivity contribution in [3.63, 3.8) is 0 Å². The summed E-state index contributed by atoms with van der Waals surface area (Å²) >= 11 is 7.64. The molecule has 0 atom stereocenters. The lowest BCUT2D eigenvalue weighted by atomic mass is 10.6.